The quantitative estimate of drug-likeness (QED) is 0.226. The number of halogens is 2. The molecule has 1 unspecified atom stereocenters. The van der Waals surface area contributed by atoms with Crippen LogP contribution in [0.15, 0.2) is 108 Å². The highest BCUT2D eigenvalue weighted by atomic mass is 35.5. The Bertz CT molecular complexity index is 1610. The molecule has 0 aromatic heterocycles. The van der Waals surface area contributed by atoms with Crippen LogP contribution in [0.25, 0.3) is 0 Å². The van der Waals surface area contributed by atoms with Crippen LogP contribution < -0.4 is 9.62 Å². The number of hydrogen-bond donors (Lipinski definition) is 1. The van der Waals surface area contributed by atoms with Crippen molar-refractivity contribution in [2.75, 3.05) is 17.9 Å². The van der Waals surface area contributed by atoms with E-state index in [0.29, 0.717) is 15.7 Å². The highest BCUT2D eigenvalue weighted by Gasteiger charge is 2.34. The number of anilines is 1. The number of nitrogens with zero attached hydrogens (tertiary/aromatic N) is 2. The Hall–Kier alpha value is -3.85. The minimum atomic E-state index is -4.19. The highest BCUT2D eigenvalue weighted by Crippen LogP contribution is 2.26. The molecule has 4 aromatic rings. The van der Waals surface area contributed by atoms with Crippen molar-refractivity contribution in [3.8, 4) is 0 Å². The summed E-state index contributed by atoms with van der Waals surface area (Å²) in [5.41, 5.74) is 2.83. The Morgan fingerprint density at radius 1 is 0.786 bits per heavy atom. The number of aryl methyl sites for hydroxylation is 1. The van der Waals surface area contributed by atoms with E-state index in [0.717, 1.165) is 21.0 Å². The van der Waals surface area contributed by atoms with Gasteiger partial charge < -0.3 is 10.2 Å². The van der Waals surface area contributed by atoms with Gasteiger partial charge in [0.25, 0.3) is 10.0 Å². The molecule has 42 heavy (non-hydrogen) atoms. The summed E-state index contributed by atoms with van der Waals surface area (Å²) in [6.45, 7) is 1.41. The number of rotatable bonds is 11. The summed E-state index contributed by atoms with van der Waals surface area (Å²) in [6, 6.07) is 28.0. The van der Waals surface area contributed by atoms with Crippen molar-refractivity contribution >= 4 is 50.7 Å². The molecule has 0 saturated carbocycles. The fourth-order valence-corrected chi connectivity index (χ4v) is 6.15. The van der Waals surface area contributed by atoms with Crippen LogP contribution in [0.5, 0.6) is 0 Å². The van der Waals surface area contributed by atoms with E-state index < -0.39 is 28.5 Å². The summed E-state index contributed by atoms with van der Waals surface area (Å²) in [7, 11) is -2.68. The Morgan fingerprint density at radius 3 is 1.93 bits per heavy atom. The van der Waals surface area contributed by atoms with E-state index in [9.17, 15) is 18.0 Å². The third-order valence-corrected chi connectivity index (χ3v) is 9.08. The van der Waals surface area contributed by atoms with Gasteiger partial charge in [0, 0.05) is 30.1 Å². The molecule has 0 fully saturated rings. The predicted molar refractivity (Wildman–Crippen MR) is 167 cm³/mol. The Morgan fingerprint density at radius 2 is 1.36 bits per heavy atom. The largest absolute Gasteiger partial charge is 0.357 e. The normalized spacial score (nSPS) is 11.9. The summed E-state index contributed by atoms with van der Waals surface area (Å²) in [6.07, 6.45) is 0.230. The molecule has 0 saturated heterocycles. The zero-order valence-electron chi connectivity index (χ0n) is 23.2. The molecule has 0 spiro atoms. The van der Waals surface area contributed by atoms with Gasteiger partial charge in [-0.2, -0.15) is 0 Å². The Labute approximate surface area is 256 Å². The fourth-order valence-electron chi connectivity index (χ4n) is 4.48. The molecule has 0 radical (unpaired) electrons. The van der Waals surface area contributed by atoms with E-state index in [1.54, 1.807) is 48.5 Å². The van der Waals surface area contributed by atoms with E-state index >= 15 is 0 Å². The van der Waals surface area contributed by atoms with E-state index in [1.807, 2.05) is 37.3 Å². The number of amides is 2. The first-order valence-corrected chi connectivity index (χ1v) is 15.4. The summed E-state index contributed by atoms with van der Waals surface area (Å²) >= 11 is 12.1. The smallest absolute Gasteiger partial charge is 0.264 e. The molecule has 1 N–H and O–H groups in total. The lowest BCUT2D eigenvalue weighted by Crippen LogP contribution is -2.53. The molecule has 218 valence electrons. The molecular weight excluding hydrogens is 593 g/mol. The number of sulfonamides is 1. The summed E-state index contributed by atoms with van der Waals surface area (Å²) < 4.78 is 29.0. The van der Waals surface area contributed by atoms with Gasteiger partial charge in [0.1, 0.15) is 12.6 Å². The third kappa shape index (κ3) is 7.70. The van der Waals surface area contributed by atoms with Gasteiger partial charge in [0.2, 0.25) is 11.8 Å². The number of nitrogens with one attached hydrogen (secondary N) is 1. The minimum absolute atomic E-state index is 0.0170. The molecule has 0 aliphatic rings. The summed E-state index contributed by atoms with van der Waals surface area (Å²) in [5.74, 6) is -0.920. The van der Waals surface area contributed by atoms with Crippen molar-refractivity contribution in [2.24, 2.45) is 0 Å². The van der Waals surface area contributed by atoms with E-state index in [4.69, 9.17) is 23.2 Å². The highest BCUT2D eigenvalue weighted by molar-refractivity contribution is 7.92. The second kappa shape index (κ2) is 13.9. The molecule has 0 bridgehead atoms. The Balaban J connectivity index is 1.77. The number of hydrogen-bond acceptors (Lipinski definition) is 4. The molecule has 10 heteroatoms. The second-order valence-corrected chi connectivity index (χ2v) is 12.5. The average molecular weight is 625 g/mol. The Kier molecular flexibility index (Phi) is 10.3. The maximum atomic E-state index is 14.2. The lowest BCUT2D eigenvalue weighted by Gasteiger charge is -2.33. The molecule has 4 aromatic carbocycles. The van der Waals surface area contributed by atoms with Crippen LogP contribution in [0, 0.1) is 6.92 Å². The maximum absolute atomic E-state index is 14.2. The summed E-state index contributed by atoms with van der Waals surface area (Å²) in [5, 5.41) is 3.59. The molecule has 0 aliphatic carbocycles. The zero-order valence-corrected chi connectivity index (χ0v) is 25.5. The van der Waals surface area contributed by atoms with E-state index in [-0.39, 0.29) is 23.8 Å². The second-order valence-electron chi connectivity index (χ2n) is 9.77. The van der Waals surface area contributed by atoms with Crippen LogP contribution in [0.1, 0.15) is 16.7 Å². The zero-order chi connectivity index (χ0) is 30.3. The van der Waals surface area contributed by atoms with Gasteiger partial charge in [-0.05, 0) is 66.6 Å². The van der Waals surface area contributed by atoms with Gasteiger partial charge in [-0.1, -0.05) is 83.4 Å². The van der Waals surface area contributed by atoms with Crippen LogP contribution in [0.3, 0.4) is 0 Å². The maximum Gasteiger partial charge on any atom is 0.264 e. The first-order valence-electron chi connectivity index (χ1n) is 13.2. The van der Waals surface area contributed by atoms with E-state index in [2.05, 4.69) is 5.32 Å². The van der Waals surface area contributed by atoms with Gasteiger partial charge >= 0.3 is 0 Å². The van der Waals surface area contributed by atoms with Gasteiger partial charge in [-0.25, -0.2) is 8.42 Å². The molecule has 4 rings (SSSR count). The topological polar surface area (TPSA) is 86.8 Å². The first kappa shape index (κ1) is 31.1. The number of carbonyl (C=O) groups is 2. The SMILES string of the molecule is CNC(=O)C(Cc1ccccc1)N(Cc1ccc(Cl)cc1)C(=O)CN(c1ccc(C)cc1)S(=O)(=O)c1ccc(Cl)cc1. The van der Waals surface area contributed by atoms with Crippen LogP contribution in [0.2, 0.25) is 10.0 Å². The van der Waals surface area contributed by atoms with Gasteiger partial charge in [0.05, 0.1) is 10.6 Å². The number of carbonyl (C=O) groups excluding carboxylic acids is 2. The third-order valence-electron chi connectivity index (χ3n) is 6.79. The van der Waals surface area contributed by atoms with Gasteiger partial charge in [-0.15, -0.1) is 0 Å². The molecule has 0 heterocycles. The van der Waals surface area contributed by atoms with Crippen molar-refractivity contribution in [1.82, 2.24) is 10.2 Å². The van der Waals surface area contributed by atoms with Crippen LogP contribution in [0.4, 0.5) is 5.69 Å². The first-order chi connectivity index (χ1) is 20.1. The van der Waals surface area contributed by atoms with Gasteiger partial charge in [0.15, 0.2) is 0 Å². The van der Waals surface area contributed by atoms with Crippen molar-refractivity contribution < 1.29 is 18.0 Å². The minimum Gasteiger partial charge on any atom is -0.357 e. The van der Waals surface area contributed by atoms with Crippen molar-refractivity contribution in [3.05, 3.63) is 130 Å². The van der Waals surface area contributed by atoms with Crippen molar-refractivity contribution in [1.29, 1.82) is 0 Å². The number of likely N-dealkylation sites (N-methyl/N-ethyl adjacent to an activating group) is 1. The lowest BCUT2D eigenvalue weighted by atomic mass is 10.0. The lowest BCUT2D eigenvalue weighted by molar-refractivity contribution is -0.139. The summed E-state index contributed by atoms with van der Waals surface area (Å²) in [4.78, 5) is 28.9. The van der Waals surface area contributed by atoms with Crippen molar-refractivity contribution in [3.63, 3.8) is 0 Å². The van der Waals surface area contributed by atoms with Crippen LogP contribution >= 0.6 is 23.2 Å². The fraction of sp³-hybridized carbons (Fsp3) is 0.188. The average Bonchev–Trinajstić information content (AvgIpc) is 2.99. The van der Waals surface area contributed by atoms with Crippen LogP contribution in [-0.2, 0) is 32.6 Å². The standard InChI is InChI=1S/C32H31Cl2N3O4S/c1-23-8-16-28(17-9-23)37(42(40,41)29-18-14-27(34)15-19-29)22-31(38)36(21-25-10-12-26(33)13-11-25)30(32(39)35-2)20-24-6-4-3-5-7-24/h3-19,30H,20-22H2,1-2H3,(H,35,39). The molecular formula is C32H31Cl2N3O4S. The van der Waals surface area contributed by atoms with E-state index in [1.165, 1.54) is 36.2 Å². The van der Waals surface area contributed by atoms with Crippen LogP contribution in [-0.4, -0.2) is 44.8 Å². The molecule has 1 atom stereocenters. The molecule has 7 nitrogen and oxygen atoms in total. The molecule has 2 amide bonds. The van der Waals surface area contributed by atoms with Crippen molar-refractivity contribution in [2.45, 2.75) is 30.8 Å². The molecule has 0 aliphatic heterocycles. The monoisotopic (exact) mass is 623 g/mol. The predicted octanol–water partition coefficient (Wildman–Crippen LogP) is 5.88. The number of benzene rings is 4. The van der Waals surface area contributed by atoms with Gasteiger partial charge in [-0.3, -0.25) is 13.9 Å².